The summed E-state index contributed by atoms with van der Waals surface area (Å²) in [5, 5.41) is 18.4. The standard InChI is InChI=1S/C38H47N3.C38H45N3.2CH3.Hf/c2*1-24(2)30-13-10-14-31(25(3)4)37(30)41-36(28-20-22-29(23-21-28)38(6,7)8)34-17-11-16-33(40-34)32-15-9-12-27-19-18-26(5)39-35(27)32;;;/h9-17,20-26,36,39,41H,18-19H2,1-8H3;9-17,20-26,36H,18-19H2,1-8H3;2*1H3;/q;-2;2*-1;. The summed E-state index contributed by atoms with van der Waals surface area (Å²) in [6.45, 7) is 36.2. The number of anilines is 2. The molecule has 0 fully saturated rings. The van der Waals surface area contributed by atoms with Crippen LogP contribution < -0.4 is 10.6 Å². The van der Waals surface area contributed by atoms with Crippen molar-refractivity contribution in [2.24, 2.45) is 0 Å². The minimum atomic E-state index is -0.225. The Balaban J connectivity index is 0.000000263. The van der Waals surface area contributed by atoms with E-state index in [1.165, 1.54) is 67.0 Å². The van der Waals surface area contributed by atoms with Crippen LogP contribution in [0.25, 0.3) is 33.1 Å². The molecule has 448 valence electrons. The molecule has 0 saturated heterocycles. The molecule has 0 bridgehead atoms. The number of hydrogen-bond donors (Lipinski definition) is 2. The van der Waals surface area contributed by atoms with Crippen LogP contribution in [0.5, 0.6) is 0 Å². The van der Waals surface area contributed by atoms with Crippen molar-refractivity contribution in [1.29, 1.82) is 0 Å². The van der Waals surface area contributed by atoms with Crippen molar-refractivity contribution in [3.8, 4) is 22.5 Å². The Bertz CT molecular complexity index is 3170. The molecule has 0 saturated carbocycles. The fraction of sp³-hybridized carbons (Fsp3) is 0.385. The van der Waals surface area contributed by atoms with E-state index in [0.29, 0.717) is 35.8 Å². The molecule has 8 aromatic rings. The van der Waals surface area contributed by atoms with Gasteiger partial charge in [-0.1, -0.05) is 266 Å². The molecule has 6 nitrogen and oxygen atoms in total. The van der Waals surface area contributed by atoms with Gasteiger partial charge in [0.1, 0.15) is 0 Å². The maximum atomic E-state index is 5.58. The molecule has 2 aromatic heterocycles. The topological polar surface area (TPSA) is 78.0 Å². The molecular formula is C78H98HfN6-4. The zero-order chi connectivity index (χ0) is 58.6. The second-order valence-electron chi connectivity index (χ2n) is 26.7. The Morgan fingerprint density at radius 2 is 0.953 bits per heavy atom. The Kier molecular flexibility index (Phi) is 23.1. The van der Waals surface area contributed by atoms with Crippen LogP contribution in [0, 0.1) is 14.9 Å². The maximum absolute atomic E-state index is 5.58. The number of nitrogens with zero attached hydrogens (tertiary/aromatic N) is 4. The van der Waals surface area contributed by atoms with E-state index in [1.54, 1.807) is 0 Å². The largest absolute Gasteiger partial charge is 0.681 e. The van der Waals surface area contributed by atoms with E-state index in [1.807, 2.05) is 0 Å². The summed E-state index contributed by atoms with van der Waals surface area (Å²) in [5.74, 6) is 1.55. The van der Waals surface area contributed by atoms with Crippen molar-refractivity contribution in [2.75, 3.05) is 10.6 Å². The smallest absolute Gasteiger partial charge is 0.0940 e. The summed E-state index contributed by atoms with van der Waals surface area (Å²) in [6.07, 6.45) is 4.43. The predicted molar refractivity (Wildman–Crippen MR) is 364 cm³/mol. The quantitative estimate of drug-likeness (QED) is 0.0840. The van der Waals surface area contributed by atoms with E-state index in [4.69, 9.17) is 20.6 Å². The normalized spacial score (nSPS) is 15.3. The van der Waals surface area contributed by atoms with Crippen LogP contribution in [0.15, 0.2) is 158 Å². The van der Waals surface area contributed by atoms with Crippen LogP contribution in [0.1, 0.15) is 226 Å². The predicted octanol–water partition coefficient (Wildman–Crippen LogP) is 22.6. The molecule has 2 aliphatic heterocycles. The van der Waals surface area contributed by atoms with Gasteiger partial charge in [0.05, 0.1) is 23.1 Å². The fourth-order valence-electron chi connectivity index (χ4n) is 11.8. The Morgan fingerprint density at radius 3 is 1.49 bits per heavy atom. The van der Waals surface area contributed by atoms with Gasteiger partial charge in [0.15, 0.2) is 0 Å². The zero-order valence-electron chi connectivity index (χ0n) is 54.7. The van der Waals surface area contributed by atoms with E-state index < -0.39 is 0 Å². The number of fused-ring (bicyclic) bond motifs is 2. The average Bonchev–Trinajstić information content (AvgIpc) is 3.63. The number of pyridine rings is 2. The van der Waals surface area contributed by atoms with Crippen molar-refractivity contribution in [3.63, 3.8) is 0 Å². The minimum Gasteiger partial charge on any atom is -0.681 e. The number of rotatable bonds is 14. The van der Waals surface area contributed by atoms with Crippen LogP contribution in [-0.2, 0) is 49.5 Å². The SMILES string of the molecule is CC1CCc2cccc(-c3cccc(C(Nc4c(C(C)C)cccc4C(C)C)c4ccc(C(C)(C)C)cc4)n3)c2N1.CC1CCc2cccc(-c3cccc(C([N-]c4c(C(C)C)cccc4C(C)C)c4ccc(C(C)(C)C)cc4)n3)c2[N-]1.[CH3-].[CH3-].[Hf]. The van der Waals surface area contributed by atoms with Gasteiger partial charge in [0.25, 0.3) is 0 Å². The van der Waals surface area contributed by atoms with Crippen molar-refractivity contribution in [3.05, 3.63) is 250 Å². The van der Waals surface area contributed by atoms with E-state index in [0.717, 1.165) is 71.0 Å². The number of aryl methyl sites for hydroxylation is 2. The van der Waals surface area contributed by atoms with Crippen LogP contribution in [0.3, 0.4) is 0 Å². The molecule has 0 spiro atoms. The number of benzene rings is 6. The average molecular weight is 1300 g/mol. The summed E-state index contributed by atoms with van der Waals surface area (Å²) >= 11 is 0. The summed E-state index contributed by atoms with van der Waals surface area (Å²) < 4.78 is 0. The van der Waals surface area contributed by atoms with E-state index >= 15 is 0 Å². The van der Waals surface area contributed by atoms with E-state index in [9.17, 15) is 0 Å². The molecular weight excluding hydrogens is 1200 g/mol. The number of nitrogens with one attached hydrogen (secondary N) is 2. The minimum absolute atomic E-state index is 0. The van der Waals surface area contributed by atoms with Crippen molar-refractivity contribution in [1.82, 2.24) is 9.97 Å². The van der Waals surface area contributed by atoms with Gasteiger partial charge in [-0.2, -0.15) is 0 Å². The molecule has 4 heterocycles. The van der Waals surface area contributed by atoms with Crippen LogP contribution in [0.2, 0.25) is 0 Å². The van der Waals surface area contributed by atoms with Crippen LogP contribution in [-0.4, -0.2) is 22.1 Å². The number of aromatic nitrogens is 2. The van der Waals surface area contributed by atoms with E-state index in [-0.39, 0.29) is 63.6 Å². The maximum Gasteiger partial charge on any atom is 0.0940 e. The third-order valence-corrected chi connectivity index (χ3v) is 16.8. The van der Waals surface area contributed by atoms with Gasteiger partial charge in [0, 0.05) is 54.5 Å². The monoisotopic (exact) mass is 1300 g/mol. The van der Waals surface area contributed by atoms with Gasteiger partial charge in [0.2, 0.25) is 0 Å². The molecule has 4 atom stereocenters. The first-order valence-corrected chi connectivity index (χ1v) is 30.6. The molecule has 6 aromatic carbocycles. The molecule has 4 unspecified atom stereocenters. The van der Waals surface area contributed by atoms with Gasteiger partial charge in [-0.3, -0.25) is 9.97 Å². The Hall–Kier alpha value is -6.31. The molecule has 2 N–H and O–H groups in total. The summed E-state index contributed by atoms with van der Waals surface area (Å²) in [7, 11) is 0. The molecule has 7 heteroatoms. The van der Waals surface area contributed by atoms with Gasteiger partial charge in [-0.25, -0.2) is 0 Å². The molecule has 85 heavy (non-hydrogen) atoms. The second-order valence-corrected chi connectivity index (χ2v) is 26.7. The molecule has 0 amide bonds. The van der Waals surface area contributed by atoms with Gasteiger partial charge in [-0.15, -0.1) is 17.4 Å². The third kappa shape index (κ3) is 15.8. The number of para-hydroxylation sites is 4. The van der Waals surface area contributed by atoms with Crippen molar-refractivity contribution >= 4 is 22.7 Å². The van der Waals surface area contributed by atoms with Crippen LogP contribution >= 0.6 is 0 Å². The summed E-state index contributed by atoms with van der Waals surface area (Å²) in [5.41, 5.74) is 24.1. The Labute approximate surface area is 533 Å². The third-order valence-electron chi connectivity index (χ3n) is 16.8. The van der Waals surface area contributed by atoms with Crippen molar-refractivity contribution in [2.45, 2.75) is 195 Å². The fourth-order valence-corrected chi connectivity index (χ4v) is 11.8. The first-order valence-electron chi connectivity index (χ1n) is 30.6. The molecule has 0 radical (unpaired) electrons. The first kappa shape index (κ1) is 67.8. The number of hydrogen-bond acceptors (Lipinski definition) is 4. The second kappa shape index (κ2) is 28.9. The van der Waals surface area contributed by atoms with Crippen LogP contribution in [0.4, 0.5) is 22.7 Å². The zero-order valence-corrected chi connectivity index (χ0v) is 58.3. The summed E-state index contributed by atoms with van der Waals surface area (Å²) in [6, 6.07) is 58.1. The van der Waals surface area contributed by atoms with Gasteiger partial charge < -0.3 is 36.1 Å². The molecule has 10 rings (SSSR count). The van der Waals surface area contributed by atoms with Gasteiger partial charge in [-0.05, 0) is 130 Å². The van der Waals surface area contributed by atoms with Crippen molar-refractivity contribution < 1.29 is 25.8 Å². The van der Waals surface area contributed by atoms with Gasteiger partial charge >= 0.3 is 0 Å². The summed E-state index contributed by atoms with van der Waals surface area (Å²) in [4.78, 5) is 10.7. The molecule has 2 aliphatic rings. The Morgan fingerprint density at radius 1 is 0.506 bits per heavy atom. The molecule has 0 aliphatic carbocycles. The first-order chi connectivity index (χ1) is 39.0. The van der Waals surface area contributed by atoms with E-state index in [2.05, 4.69) is 279 Å².